The summed E-state index contributed by atoms with van der Waals surface area (Å²) >= 11 is 7.46. The van der Waals surface area contributed by atoms with Crippen molar-refractivity contribution in [2.45, 2.75) is 18.4 Å². The number of fused-ring (bicyclic) bond motifs is 1. The maximum atomic E-state index is 13.3. The molecule has 0 unspecified atom stereocenters. The number of nitrogens with zero attached hydrogens (tertiary/aromatic N) is 3. The average Bonchev–Trinajstić information content (AvgIpc) is 3.22. The lowest BCUT2D eigenvalue weighted by molar-refractivity contribution is -0.116. The van der Waals surface area contributed by atoms with Gasteiger partial charge in [-0.1, -0.05) is 29.0 Å². The Bertz CT molecular complexity index is 1410. The van der Waals surface area contributed by atoms with Gasteiger partial charge in [0, 0.05) is 11.2 Å². The topological polar surface area (TPSA) is 89.5 Å². The molecule has 0 saturated carbocycles. The largest absolute Gasteiger partial charge is 0.497 e. The van der Waals surface area contributed by atoms with E-state index in [0.29, 0.717) is 21.6 Å². The molecule has 0 bridgehead atoms. The third kappa shape index (κ3) is 5.16. The van der Waals surface area contributed by atoms with Crippen LogP contribution in [0.25, 0.3) is 10.2 Å². The molecule has 4 rings (SSSR count). The number of methoxy groups -OCH3 is 1. The monoisotopic (exact) mass is 501 g/mol. The minimum Gasteiger partial charge on any atom is -0.497 e. The molecule has 0 saturated heterocycles. The van der Waals surface area contributed by atoms with Gasteiger partial charge in [0.1, 0.15) is 11.5 Å². The molecule has 0 atom stereocenters. The molecule has 0 spiro atoms. The first-order valence-electron chi connectivity index (χ1n) is 9.90. The number of carbonyl (C=O) groups is 1. The van der Waals surface area contributed by atoms with Crippen LogP contribution in [0.4, 0.5) is 5.13 Å². The van der Waals surface area contributed by atoms with Crippen LogP contribution >= 0.6 is 22.9 Å². The molecule has 2 aromatic carbocycles. The maximum absolute atomic E-state index is 13.3. The number of sulfone groups is 1. The molecular formula is C23H20ClN3O4S2. The van der Waals surface area contributed by atoms with E-state index in [1.807, 2.05) is 6.92 Å². The van der Waals surface area contributed by atoms with Crippen LogP contribution in [0.3, 0.4) is 0 Å². The van der Waals surface area contributed by atoms with Gasteiger partial charge in [-0.05, 0) is 61.0 Å². The standard InChI is InChI=1S/C23H20ClN3O4S2/c1-15-11-16(24)12-20-22(15)26-23(32-20)27(13-17-5-3-4-10-25-17)21(28)14-33(29,30)19-8-6-18(31-2)7-9-19/h3-12H,13-14H2,1-2H3. The maximum Gasteiger partial charge on any atom is 0.244 e. The van der Waals surface area contributed by atoms with E-state index in [1.54, 1.807) is 48.7 Å². The lowest BCUT2D eigenvalue weighted by Gasteiger charge is -2.19. The van der Waals surface area contributed by atoms with E-state index < -0.39 is 21.5 Å². The number of anilines is 1. The van der Waals surface area contributed by atoms with Gasteiger partial charge in [-0.3, -0.25) is 14.7 Å². The zero-order valence-electron chi connectivity index (χ0n) is 17.9. The van der Waals surface area contributed by atoms with Crippen LogP contribution < -0.4 is 9.64 Å². The van der Waals surface area contributed by atoms with Crippen molar-refractivity contribution in [3.05, 3.63) is 77.1 Å². The minimum atomic E-state index is -3.89. The van der Waals surface area contributed by atoms with Crippen molar-refractivity contribution in [1.82, 2.24) is 9.97 Å². The molecule has 0 fully saturated rings. The van der Waals surface area contributed by atoms with Gasteiger partial charge in [0.05, 0.1) is 34.5 Å². The van der Waals surface area contributed by atoms with Gasteiger partial charge in [-0.2, -0.15) is 0 Å². The molecule has 4 aromatic rings. The highest BCUT2D eigenvalue weighted by Gasteiger charge is 2.27. The van der Waals surface area contributed by atoms with Crippen LogP contribution in [0.1, 0.15) is 11.3 Å². The molecule has 170 valence electrons. The van der Waals surface area contributed by atoms with Crippen molar-refractivity contribution in [3.63, 3.8) is 0 Å². The summed E-state index contributed by atoms with van der Waals surface area (Å²) in [4.78, 5) is 23.6. The molecule has 0 aliphatic heterocycles. The predicted molar refractivity (Wildman–Crippen MR) is 130 cm³/mol. The van der Waals surface area contributed by atoms with Crippen LogP contribution in [0.5, 0.6) is 5.75 Å². The molecule has 7 nitrogen and oxygen atoms in total. The summed E-state index contributed by atoms with van der Waals surface area (Å²) in [7, 11) is -2.39. The average molecular weight is 502 g/mol. The summed E-state index contributed by atoms with van der Waals surface area (Å²) in [5.74, 6) is -0.776. The number of rotatable bonds is 7. The van der Waals surface area contributed by atoms with Gasteiger partial charge in [0.15, 0.2) is 15.0 Å². The Morgan fingerprint density at radius 3 is 2.58 bits per heavy atom. The number of ether oxygens (including phenoxy) is 1. The van der Waals surface area contributed by atoms with E-state index in [0.717, 1.165) is 15.8 Å². The Balaban J connectivity index is 1.70. The first kappa shape index (κ1) is 23.2. The fourth-order valence-corrected chi connectivity index (χ4v) is 5.92. The third-order valence-electron chi connectivity index (χ3n) is 4.95. The summed E-state index contributed by atoms with van der Waals surface area (Å²) in [6, 6.07) is 14.9. The summed E-state index contributed by atoms with van der Waals surface area (Å²) in [6.45, 7) is 1.97. The summed E-state index contributed by atoms with van der Waals surface area (Å²) < 4.78 is 31.8. The Kier molecular flexibility index (Phi) is 6.64. The van der Waals surface area contributed by atoms with E-state index in [9.17, 15) is 13.2 Å². The lowest BCUT2D eigenvalue weighted by Crippen LogP contribution is -2.35. The van der Waals surface area contributed by atoms with E-state index in [4.69, 9.17) is 16.3 Å². The van der Waals surface area contributed by atoms with Crippen molar-refractivity contribution >= 4 is 54.0 Å². The van der Waals surface area contributed by atoms with Gasteiger partial charge in [0.25, 0.3) is 0 Å². The number of halogens is 1. The number of aryl methyl sites for hydroxylation is 1. The smallest absolute Gasteiger partial charge is 0.244 e. The van der Waals surface area contributed by atoms with Crippen molar-refractivity contribution < 1.29 is 17.9 Å². The summed E-state index contributed by atoms with van der Waals surface area (Å²) in [6.07, 6.45) is 1.62. The molecule has 0 aliphatic rings. The number of hydrogen-bond acceptors (Lipinski definition) is 7. The Morgan fingerprint density at radius 2 is 1.91 bits per heavy atom. The molecular weight excluding hydrogens is 482 g/mol. The quantitative estimate of drug-likeness (QED) is 0.365. The number of benzene rings is 2. The molecule has 2 aromatic heterocycles. The van der Waals surface area contributed by atoms with Crippen molar-refractivity contribution in [2.75, 3.05) is 17.8 Å². The SMILES string of the molecule is COc1ccc(S(=O)(=O)CC(=O)N(Cc2ccccn2)c2nc3c(C)cc(Cl)cc3s2)cc1. The molecule has 2 heterocycles. The summed E-state index contributed by atoms with van der Waals surface area (Å²) in [5.41, 5.74) is 2.20. The van der Waals surface area contributed by atoms with E-state index >= 15 is 0 Å². The van der Waals surface area contributed by atoms with Crippen LogP contribution in [0.15, 0.2) is 65.7 Å². The number of hydrogen-bond donors (Lipinski definition) is 0. The van der Waals surface area contributed by atoms with E-state index in [2.05, 4.69) is 9.97 Å². The first-order chi connectivity index (χ1) is 15.8. The van der Waals surface area contributed by atoms with Crippen LogP contribution in [0, 0.1) is 6.92 Å². The van der Waals surface area contributed by atoms with Gasteiger partial charge in [-0.15, -0.1) is 0 Å². The first-order valence-corrected chi connectivity index (χ1v) is 12.8. The second kappa shape index (κ2) is 9.46. The molecule has 0 radical (unpaired) electrons. The van der Waals surface area contributed by atoms with Crippen molar-refractivity contribution in [2.24, 2.45) is 0 Å². The normalized spacial score (nSPS) is 11.5. The second-order valence-corrected chi connectivity index (χ2v) is 10.7. The van der Waals surface area contributed by atoms with E-state index in [1.165, 1.54) is 35.5 Å². The highest BCUT2D eigenvalue weighted by molar-refractivity contribution is 7.92. The van der Waals surface area contributed by atoms with Crippen LogP contribution in [-0.4, -0.2) is 37.2 Å². The Morgan fingerprint density at radius 1 is 1.15 bits per heavy atom. The number of pyridine rings is 1. The number of carbonyl (C=O) groups excluding carboxylic acids is 1. The third-order valence-corrected chi connectivity index (χ3v) is 7.81. The van der Waals surface area contributed by atoms with Crippen LogP contribution in [-0.2, 0) is 21.2 Å². The highest BCUT2D eigenvalue weighted by atomic mass is 35.5. The fraction of sp³-hybridized carbons (Fsp3) is 0.174. The van der Waals surface area contributed by atoms with Gasteiger partial charge in [0.2, 0.25) is 5.91 Å². The minimum absolute atomic E-state index is 0.0429. The highest BCUT2D eigenvalue weighted by Crippen LogP contribution is 2.34. The van der Waals surface area contributed by atoms with Crippen LogP contribution in [0.2, 0.25) is 5.02 Å². The molecule has 0 N–H and O–H groups in total. The van der Waals surface area contributed by atoms with Gasteiger partial charge in [-0.25, -0.2) is 13.4 Å². The number of aromatic nitrogens is 2. The van der Waals surface area contributed by atoms with E-state index in [-0.39, 0.29) is 11.4 Å². The van der Waals surface area contributed by atoms with Gasteiger partial charge >= 0.3 is 0 Å². The lowest BCUT2D eigenvalue weighted by atomic mass is 10.2. The van der Waals surface area contributed by atoms with Crippen molar-refractivity contribution in [1.29, 1.82) is 0 Å². The number of amides is 1. The fourth-order valence-electron chi connectivity index (χ4n) is 3.28. The molecule has 33 heavy (non-hydrogen) atoms. The zero-order chi connectivity index (χ0) is 23.6. The number of thiazole rings is 1. The second-order valence-electron chi connectivity index (χ2n) is 7.30. The van der Waals surface area contributed by atoms with Crippen molar-refractivity contribution in [3.8, 4) is 5.75 Å². The van der Waals surface area contributed by atoms with Gasteiger partial charge < -0.3 is 4.74 Å². The molecule has 1 amide bonds. The predicted octanol–water partition coefficient (Wildman–Crippen LogP) is 4.67. The molecule has 0 aliphatic carbocycles. The molecule has 10 heteroatoms. The Hall–Kier alpha value is -3.01. The zero-order valence-corrected chi connectivity index (χ0v) is 20.2. The summed E-state index contributed by atoms with van der Waals surface area (Å²) in [5, 5.41) is 0.954. The Labute approximate surface area is 200 Å².